The number of rotatable bonds is 2. The lowest BCUT2D eigenvalue weighted by Crippen LogP contribution is -2.40. The summed E-state index contributed by atoms with van der Waals surface area (Å²) in [6.45, 7) is 0.000106. The maximum atomic E-state index is 12.1. The second kappa shape index (κ2) is 4.91. The summed E-state index contributed by atoms with van der Waals surface area (Å²) in [5.74, 6) is -1.65. The van der Waals surface area contributed by atoms with Crippen molar-refractivity contribution in [1.29, 1.82) is 0 Å². The molecule has 2 heterocycles. The molecule has 0 aromatic carbocycles. The standard InChI is InChI=1S/C11H11ClN2O4/c12-6-1-2-8(13-4-6)10(16)14-5-7(15)3-9(14)11(17)18/h1-2,4,7,9,15H,3,5H2,(H,17,18). The topological polar surface area (TPSA) is 90.7 Å². The Bertz CT molecular complexity index is 476. The van der Waals surface area contributed by atoms with Crippen LogP contribution in [-0.2, 0) is 4.79 Å². The van der Waals surface area contributed by atoms with E-state index in [0.29, 0.717) is 5.02 Å². The predicted molar refractivity (Wildman–Crippen MR) is 62.3 cm³/mol. The van der Waals surface area contributed by atoms with Gasteiger partial charge in [-0.2, -0.15) is 0 Å². The van der Waals surface area contributed by atoms with Crippen molar-refractivity contribution in [2.45, 2.75) is 18.6 Å². The summed E-state index contributed by atoms with van der Waals surface area (Å²) in [6, 6.07) is 1.92. The van der Waals surface area contributed by atoms with E-state index in [9.17, 15) is 14.7 Å². The number of halogens is 1. The minimum atomic E-state index is -1.13. The van der Waals surface area contributed by atoms with Crippen molar-refractivity contribution in [2.75, 3.05) is 6.54 Å². The van der Waals surface area contributed by atoms with E-state index in [2.05, 4.69) is 4.98 Å². The lowest BCUT2D eigenvalue weighted by Gasteiger charge is -2.20. The number of pyridine rings is 1. The maximum Gasteiger partial charge on any atom is 0.326 e. The van der Waals surface area contributed by atoms with Gasteiger partial charge in [-0.05, 0) is 12.1 Å². The van der Waals surface area contributed by atoms with Gasteiger partial charge in [-0.25, -0.2) is 9.78 Å². The number of carbonyl (C=O) groups is 2. The van der Waals surface area contributed by atoms with Gasteiger partial charge in [0.15, 0.2) is 0 Å². The fourth-order valence-electron chi connectivity index (χ4n) is 1.92. The number of carbonyl (C=O) groups excluding carboxylic acids is 1. The molecule has 1 aliphatic heterocycles. The second-order valence-corrected chi connectivity index (χ2v) is 4.50. The summed E-state index contributed by atoms with van der Waals surface area (Å²) in [6.07, 6.45) is 0.536. The van der Waals surface area contributed by atoms with E-state index in [1.165, 1.54) is 18.3 Å². The largest absolute Gasteiger partial charge is 0.480 e. The number of hydrogen-bond donors (Lipinski definition) is 2. The average molecular weight is 271 g/mol. The SMILES string of the molecule is O=C(O)C1CC(O)CN1C(=O)c1ccc(Cl)cn1. The van der Waals surface area contributed by atoms with Crippen LogP contribution in [0.2, 0.25) is 5.02 Å². The van der Waals surface area contributed by atoms with E-state index < -0.39 is 24.0 Å². The van der Waals surface area contributed by atoms with Gasteiger partial charge in [0.05, 0.1) is 11.1 Å². The zero-order chi connectivity index (χ0) is 13.3. The van der Waals surface area contributed by atoms with Crippen molar-refractivity contribution in [1.82, 2.24) is 9.88 Å². The van der Waals surface area contributed by atoms with Gasteiger partial charge in [-0.3, -0.25) is 4.79 Å². The Kier molecular flexibility index (Phi) is 3.49. The lowest BCUT2D eigenvalue weighted by molar-refractivity contribution is -0.141. The fourth-order valence-corrected chi connectivity index (χ4v) is 2.03. The Morgan fingerprint density at radius 2 is 2.17 bits per heavy atom. The summed E-state index contributed by atoms with van der Waals surface area (Å²) in [4.78, 5) is 28.0. The number of hydrogen-bond acceptors (Lipinski definition) is 4. The molecule has 2 atom stereocenters. The van der Waals surface area contributed by atoms with Gasteiger partial charge in [0.2, 0.25) is 0 Å². The zero-order valence-electron chi connectivity index (χ0n) is 9.28. The zero-order valence-corrected chi connectivity index (χ0v) is 10.0. The highest BCUT2D eigenvalue weighted by Crippen LogP contribution is 2.20. The van der Waals surface area contributed by atoms with Gasteiger partial charge in [0.25, 0.3) is 5.91 Å². The Morgan fingerprint density at radius 1 is 1.44 bits per heavy atom. The minimum Gasteiger partial charge on any atom is -0.480 e. The number of carboxylic acid groups (broad SMARTS) is 1. The Balaban J connectivity index is 2.22. The first-order valence-electron chi connectivity index (χ1n) is 5.32. The molecule has 7 heteroatoms. The van der Waals surface area contributed by atoms with Crippen molar-refractivity contribution in [3.05, 3.63) is 29.0 Å². The smallest absolute Gasteiger partial charge is 0.326 e. The summed E-state index contributed by atoms with van der Waals surface area (Å²) in [5.41, 5.74) is 0.111. The first-order chi connectivity index (χ1) is 8.49. The van der Waals surface area contributed by atoms with Gasteiger partial charge < -0.3 is 15.1 Å². The van der Waals surface area contributed by atoms with Crippen LogP contribution >= 0.6 is 11.6 Å². The first-order valence-corrected chi connectivity index (χ1v) is 5.70. The van der Waals surface area contributed by atoms with Crippen LogP contribution in [0.3, 0.4) is 0 Å². The third-order valence-corrected chi connectivity index (χ3v) is 3.00. The first kappa shape index (κ1) is 12.8. The summed E-state index contributed by atoms with van der Waals surface area (Å²) in [7, 11) is 0. The number of nitrogens with zero attached hydrogens (tertiary/aromatic N) is 2. The molecular weight excluding hydrogens is 260 g/mol. The molecule has 1 aromatic heterocycles. The molecule has 2 unspecified atom stereocenters. The van der Waals surface area contributed by atoms with E-state index in [4.69, 9.17) is 16.7 Å². The molecular formula is C11H11ClN2O4. The summed E-state index contributed by atoms with van der Waals surface area (Å²) in [5, 5.41) is 18.8. The van der Waals surface area contributed by atoms with Crippen LogP contribution in [0.15, 0.2) is 18.3 Å². The average Bonchev–Trinajstić information content (AvgIpc) is 2.71. The van der Waals surface area contributed by atoms with E-state index in [1.54, 1.807) is 0 Å². The lowest BCUT2D eigenvalue weighted by atomic mass is 10.2. The van der Waals surface area contributed by atoms with Crippen LogP contribution in [0.25, 0.3) is 0 Å². The molecule has 0 aliphatic carbocycles. The number of likely N-dealkylation sites (tertiary alicyclic amines) is 1. The molecule has 1 saturated heterocycles. The van der Waals surface area contributed by atoms with E-state index >= 15 is 0 Å². The van der Waals surface area contributed by atoms with Crippen LogP contribution in [0, 0.1) is 0 Å². The fraction of sp³-hybridized carbons (Fsp3) is 0.364. The molecule has 96 valence electrons. The maximum absolute atomic E-state index is 12.1. The van der Waals surface area contributed by atoms with Crippen LogP contribution in [-0.4, -0.2) is 50.7 Å². The van der Waals surface area contributed by atoms with Gasteiger partial charge in [-0.15, -0.1) is 0 Å². The minimum absolute atomic E-state index is 0.000106. The van der Waals surface area contributed by atoms with E-state index in [-0.39, 0.29) is 18.7 Å². The van der Waals surface area contributed by atoms with Gasteiger partial charge >= 0.3 is 5.97 Å². The van der Waals surface area contributed by atoms with Crippen molar-refractivity contribution in [3.8, 4) is 0 Å². The highest BCUT2D eigenvalue weighted by molar-refractivity contribution is 6.30. The number of aliphatic hydroxyl groups excluding tert-OH is 1. The van der Waals surface area contributed by atoms with E-state index in [1.807, 2.05) is 0 Å². The Morgan fingerprint density at radius 3 is 2.72 bits per heavy atom. The van der Waals surface area contributed by atoms with Crippen molar-refractivity contribution < 1.29 is 19.8 Å². The molecule has 0 radical (unpaired) electrons. The number of aliphatic hydroxyl groups is 1. The third kappa shape index (κ3) is 2.44. The number of aromatic nitrogens is 1. The molecule has 2 rings (SSSR count). The quantitative estimate of drug-likeness (QED) is 0.811. The summed E-state index contributed by atoms with van der Waals surface area (Å²) >= 11 is 5.66. The van der Waals surface area contributed by atoms with Gasteiger partial charge in [0, 0.05) is 19.2 Å². The number of amides is 1. The summed E-state index contributed by atoms with van der Waals surface area (Å²) < 4.78 is 0. The van der Waals surface area contributed by atoms with Crippen molar-refractivity contribution in [2.24, 2.45) is 0 Å². The molecule has 1 aliphatic rings. The van der Waals surface area contributed by atoms with Crippen molar-refractivity contribution in [3.63, 3.8) is 0 Å². The van der Waals surface area contributed by atoms with Crippen LogP contribution < -0.4 is 0 Å². The highest BCUT2D eigenvalue weighted by atomic mass is 35.5. The number of β-amino-alcohol motifs (C(OH)–C–C–N with tert-alkyl or cyclic N) is 1. The van der Waals surface area contributed by atoms with Crippen LogP contribution in [0.5, 0.6) is 0 Å². The monoisotopic (exact) mass is 270 g/mol. The van der Waals surface area contributed by atoms with Gasteiger partial charge in [0.1, 0.15) is 11.7 Å². The third-order valence-electron chi connectivity index (χ3n) is 2.77. The molecule has 2 N–H and O–H groups in total. The highest BCUT2D eigenvalue weighted by Gasteiger charge is 2.39. The molecule has 1 aromatic rings. The molecule has 0 saturated carbocycles. The predicted octanol–water partition coefficient (Wildman–Crippen LogP) is 0.395. The van der Waals surface area contributed by atoms with Crippen LogP contribution in [0.1, 0.15) is 16.9 Å². The molecule has 6 nitrogen and oxygen atoms in total. The molecule has 18 heavy (non-hydrogen) atoms. The number of carboxylic acids is 1. The second-order valence-electron chi connectivity index (χ2n) is 4.06. The van der Waals surface area contributed by atoms with Crippen molar-refractivity contribution >= 4 is 23.5 Å². The van der Waals surface area contributed by atoms with Gasteiger partial charge in [-0.1, -0.05) is 11.6 Å². The van der Waals surface area contributed by atoms with E-state index in [0.717, 1.165) is 4.90 Å². The molecule has 1 fully saturated rings. The Hall–Kier alpha value is -1.66. The molecule has 0 spiro atoms. The molecule has 1 amide bonds. The Labute approximate surface area is 108 Å². The molecule has 0 bridgehead atoms. The number of aliphatic carboxylic acids is 1. The normalized spacial score (nSPS) is 23.1. The van der Waals surface area contributed by atoms with Crippen LogP contribution in [0.4, 0.5) is 0 Å².